The molecule has 2 aromatic rings. The van der Waals surface area contributed by atoms with Crippen molar-refractivity contribution in [2.24, 2.45) is 0 Å². The summed E-state index contributed by atoms with van der Waals surface area (Å²) in [4.78, 5) is 0. The molecule has 0 atom stereocenters. The molecule has 0 spiro atoms. The highest BCUT2D eigenvalue weighted by molar-refractivity contribution is 5.37. The van der Waals surface area contributed by atoms with E-state index in [1.54, 1.807) is 12.1 Å². The summed E-state index contributed by atoms with van der Waals surface area (Å²) < 4.78 is 18.7. The van der Waals surface area contributed by atoms with Crippen LogP contribution in [0.4, 0.5) is 4.39 Å². The van der Waals surface area contributed by atoms with Crippen molar-refractivity contribution in [3.63, 3.8) is 0 Å². The van der Waals surface area contributed by atoms with E-state index in [0.29, 0.717) is 12.4 Å². The van der Waals surface area contributed by atoms with Gasteiger partial charge in [0.1, 0.15) is 18.2 Å². The lowest BCUT2D eigenvalue weighted by Crippen LogP contribution is -2.03. The Hall–Kier alpha value is -1.87. The summed E-state index contributed by atoms with van der Waals surface area (Å²) in [7, 11) is 0. The Labute approximate surface area is 105 Å². The molecule has 92 valence electrons. The predicted octanol–water partition coefficient (Wildman–Crippen LogP) is 3.01. The molecule has 0 aromatic heterocycles. The van der Waals surface area contributed by atoms with Gasteiger partial charge in [-0.25, -0.2) is 4.39 Å². The molecule has 1 aliphatic rings. The maximum Gasteiger partial charge on any atom is 0.126 e. The third-order valence-electron chi connectivity index (χ3n) is 3.18. The zero-order valence-electron chi connectivity index (χ0n) is 9.95. The lowest BCUT2D eigenvalue weighted by molar-refractivity contribution is 0.303. The molecule has 0 fully saturated rings. The van der Waals surface area contributed by atoms with Crippen LogP contribution in [0.2, 0.25) is 0 Å². The lowest BCUT2D eigenvalue weighted by atomic mass is 10.0. The largest absolute Gasteiger partial charge is 0.489 e. The highest BCUT2D eigenvalue weighted by Crippen LogP contribution is 2.21. The van der Waals surface area contributed by atoms with E-state index < -0.39 is 0 Å². The third-order valence-corrected chi connectivity index (χ3v) is 3.18. The molecule has 0 bridgehead atoms. The molecule has 2 aromatic carbocycles. The maximum absolute atomic E-state index is 13.0. The van der Waals surface area contributed by atoms with Crippen molar-refractivity contribution in [3.8, 4) is 5.75 Å². The molecule has 0 aliphatic carbocycles. The average Bonchev–Trinajstić information content (AvgIpc) is 2.85. The zero-order valence-corrected chi connectivity index (χ0v) is 9.95. The summed E-state index contributed by atoms with van der Waals surface area (Å²) in [5, 5.41) is 3.32. The topological polar surface area (TPSA) is 21.3 Å². The number of hydrogen-bond acceptors (Lipinski definition) is 2. The summed E-state index contributed by atoms with van der Waals surface area (Å²) in [6, 6.07) is 12.5. The normalized spacial score (nSPS) is 13.4. The number of benzene rings is 2. The van der Waals surface area contributed by atoms with Gasteiger partial charge in [-0.15, -0.1) is 0 Å². The van der Waals surface area contributed by atoms with Crippen molar-refractivity contribution < 1.29 is 9.13 Å². The zero-order chi connectivity index (χ0) is 12.4. The number of nitrogens with one attached hydrogen (secondary N) is 1. The fourth-order valence-electron chi connectivity index (χ4n) is 2.26. The second-order valence-electron chi connectivity index (χ2n) is 4.40. The van der Waals surface area contributed by atoms with E-state index in [4.69, 9.17) is 4.74 Å². The molecule has 1 aliphatic heterocycles. The van der Waals surface area contributed by atoms with E-state index in [1.165, 1.54) is 28.8 Å². The highest BCUT2D eigenvalue weighted by Gasteiger charge is 2.13. The smallest absolute Gasteiger partial charge is 0.126 e. The van der Waals surface area contributed by atoms with E-state index in [0.717, 1.165) is 13.1 Å². The van der Waals surface area contributed by atoms with Gasteiger partial charge in [-0.2, -0.15) is 0 Å². The summed E-state index contributed by atoms with van der Waals surface area (Å²) in [5.41, 5.74) is 3.81. The summed E-state index contributed by atoms with van der Waals surface area (Å²) >= 11 is 0. The van der Waals surface area contributed by atoms with Crippen LogP contribution in [0.1, 0.15) is 16.7 Å². The molecular weight excluding hydrogens is 229 g/mol. The quantitative estimate of drug-likeness (QED) is 0.894. The van der Waals surface area contributed by atoms with Gasteiger partial charge >= 0.3 is 0 Å². The van der Waals surface area contributed by atoms with Crippen LogP contribution >= 0.6 is 0 Å². The van der Waals surface area contributed by atoms with Gasteiger partial charge in [-0.3, -0.25) is 0 Å². The van der Waals surface area contributed by atoms with Gasteiger partial charge < -0.3 is 10.1 Å². The number of ether oxygens (including phenoxy) is 1. The van der Waals surface area contributed by atoms with Gasteiger partial charge in [0.2, 0.25) is 0 Å². The first-order valence-corrected chi connectivity index (χ1v) is 6.01. The van der Waals surface area contributed by atoms with Crippen LogP contribution in [-0.4, -0.2) is 0 Å². The molecule has 2 nitrogen and oxygen atoms in total. The van der Waals surface area contributed by atoms with Gasteiger partial charge in [0.05, 0.1) is 0 Å². The van der Waals surface area contributed by atoms with Gasteiger partial charge in [0.25, 0.3) is 0 Å². The van der Waals surface area contributed by atoms with Crippen LogP contribution in [0, 0.1) is 5.82 Å². The lowest BCUT2D eigenvalue weighted by Gasteiger charge is -2.10. The molecule has 0 amide bonds. The van der Waals surface area contributed by atoms with Crippen LogP contribution in [0.5, 0.6) is 5.75 Å². The number of fused-ring (bicyclic) bond motifs is 1. The van der Waals surface area contributed by atoms with Crippen LogP contribution in [0.15, 0.2) is 42.5 Å². The Kier molecular flexibility index (Phi) is 2.99. The Morgan fingerprint density at radius 2 is 2.00 bits per heavy atom. The molecular formula is C15H14FNO. The number of hydrogen-bond donors (Lipinski definition) is 1. The first kappa shape index (κ1) is 11.2. The van der Waals surface area contributed by atoms with Gasteiger partial charge in [0.15, 0.2) is 0 Å². The summed E-state index contributed by atoms with van der Waals surface area (Å²) in [6.07, 6.45) is 0. The van der Waals surface area contributed by atoms with E-state index in [-0.39, 0.29) is 5.82 Å². The molecule has 3 heteroatoms. The van der Waals surface area contributed by atoms with Crippen molar-refractivity contribution in [1.82, 2.24) is 5.32 Å². The first-order valence-electron chi connectivity index (χ1n) is 6.01. The van der Waals surface area contributed by atoms with E-state index >= 15 is 0 Å². The molecule has 3 rings (SSSR count). The van der Waals surface area contributed by atoms with Gasteiger partial charge in [-0.05, 0) is 28.8 Å². The Bertz CT molecular complexity index is 568. The minimum Gasteiger partial charge on any atom is -0.489 e. The molecule has 1 heterocycles. The number of rotatable bonds is 3. The Morgan fingerprint density at radius 1 is 1.11 bits per heavy atom. The average molecular weight is 243 g/mol. The van der Waals surface area contributed by atoms with Crippen molar-refractivity contribution in [1.29, 1.82) is 0 Å². The van der Waals surface area contributed by atoms with Gasteiger partial charge in [0, 0.05) is 19.2 Å². The van der Waals surface area contributed by atoms with Crippen molar-refractivity contribution in [2.45, 2.75) is 19.7 Å². The molecule has 0 saturated carbocycles. The monoisotopic (exact) mass is 243 g/mol. The van der Waals surface area contributed by atoms with Crippen LogP contribution in [0.25, 0.3) is 0 Å². The third kappa shape index (κ3) is 2.22. The molecule has 1 N–H and O–H groups in total. The minimum absolute atomic E-state index is 0.271. The standard InChI is InChI=1S/C15H14FNO/c16-13-5-2-6-14(7-13)18-10-12-4-1-3-11-8-17-9-15(11)12/h1-7,17H,8-10H2. The van der Waals surface area contributed by atoms with Crippen LogP contribution in [0.3, 0.4) is 0 Å². The van der Waals surface area contributed by atoms with Crippen LogP contribution < -0.4 is 10.1 Å². The Balaban J connectivity index is 1.76. The summed E-state index contributed by atoms with van der Waals surface area (Å²) in [6.45, 7) is 2.29. The fourth-order valence-corrected chi connectivity index (χ4v) is 2.26. The van der Waals surface area contributed by atoms with Crippen molar-refractivity contribution in [2.75, 3.05) is 0 Å². The second-order valence-corrected chi connectivity index (χ2v) is 4.40. The predicted molar refractivity (Wildman–Crippen MR) is 67.7 cm³/mol. The van der Waals surface area contributed by atoms with E-state index in [1.807, 2.05) is 6.07 Å². The molecule has 0 radical (unpaired) electrons. The molecule has 18 heavy (non-hydrogen) atoms. The maximum atomic E-state index is 13.0. The first-order chi connectivity index (χ1) is 8.83. The minimum atomic E-state index is -0.271. The second kappa shape index (κ2) is 4.78. The number of halogens is 1. The van der Waals surface area contributed by atoms with Gasteiger partial charge in [-0.1, -0.05) is 24.3 Å². The van der Waals surface area contributed by atoms with E-state index in [9.17, 15) is 4.39 Å². The van der Waals surface area contributed by atoms with Crippen molar-refractivity contribution in [3.05, 3.63) is 65.0 Å². The highest BCUT2D eigenvalue weighted by atomic mass is 19.1. The van der Waals surface area contributed by atoms with E-state index in [2.05, 4.69) is 17.4 Å². The van der Waals surface area contributed by atoms with Crippen LogP contribution in [-0.2, 0) is 19.7 Å². The fraction of sp³-hybridized carbons (Fsp3) is 0.200. The Morgan fingerprint density at radius 3 is 2.89 bits per heavy atom. The molecule has 0 saturated heterocycles. The summed E-state index contributed by atoms with van der Waals surface area (Å²) in [5.74, 6) is 0.297. The SMILES string of the molecule is Fc1cccc(OCc2cccc3c2CNC3)c1. The molecule has 0 unspecified atom stereocenters. The van der Waals surface area contributed by atoms with Crippen molar-refractivity contribution >= 4 is 0 Å².